The molecule has 3 aliphatic heterocycles. The summed E-state index contributed by atoms with van der Waals surface area (Å²) < 4.78 is 36.4. The first-order valence-corrected chi connectivity index (χ1v) is 24.3. The number of hydrogen-bond donors (Lipinski definition) is 2. The van der Waals surface area contributed by atoms with Crippen molar-refractivity contribution in [3.63, 3.8) is 0 Å². The number of nitrogens with one attached hydrogen (secondary N) is 2. The van der Waals surface area contributed by atoms with Crippen LogP contribution in [0.5, 0.6) is 0 Å². The summed E-state index contributed by atoms with van der Waals surface area (Å²) in [4.78, 5) is 64.1. The van der Waals surface area contributed by atoms with Crippen LogP contribution in [-0.2, 0) is 52.8 Å². The molecule has 3 amide bonds. The summed E-state index contributed by atoms with van der Waals surface area (Å²) >= 11 is 0. The number of ether oxygens (including phenoxy) is 3. The van der Waals surface area contributed by atoms with Crippen molar-refractivity contribution < 1.29 is 37.8 Å². The van der Waals surface area contributed by atoms with Crippen molar-refractivity contribution in [2.75, 3.05) is 54.1 Å². The second-order valence-corrected chi connectivity index (χ2v) is 20.7. The molecule has 0 saturated carbocycles. The van der Waals surface area contributed by atoms with E-state index in [1.54, 1.807) is 18.2 Å². The van der Waals surface area contributed by atoms with Crippen LogP contribution in [-0.4, -0.2) is 126 Å². The highest BCUT2D eigenvalue weighted by Gasteiger charge is 2.38. The fourth-order valence-electron chi connectivity index (χ4n) is 9.24. The van der Waals surface area contributed by atoms with Gasteiger partial charge in [0.1, 0.15) is 17.9 Å². The van der Waals surface area contributed by atoms with Gasteiger partial charge in [-0.3, -0.25) is 34.1 Å². The number of likely N-dealkylation sites (tertiary alicyclic amines) is 1. The molecular formula is C54H70FN7O7. The second kappa shape index (κ2) is 21.1. The fourth-order valence-corrected chi connectivity index (χ4v) is 9.24. The number of aromatic nitrogens is 2. The number of benzene rings is 2. The van der Waals surface area contributed by atoms with Crippen LogP contribution in [0.3, 0.4) is 0 Å². The van der Waals surface area contributed by atoms with Crippen LogP contribution in [0, 0.1) is 34.9 Å². The molecule has 370 valence electrons. The highest BCUT2D eigenvalue weighted by molar-refractivity contribution is 5.96. The lowest BCUT2D eigenvalue weighted by Gasteiger charge is -2.39. The topological polar surface area (TPSA) is 148 Å². The largest absolute Gasteiger partial charge is 0.464 e. The maximum atomic E-state index is 16.0. The third-order valence-electron chi connectivity index (χ3n) is 14.0. The van der Waals surface area contributed by atoms with Crippen LogP contribution < -0.4 is 10.7 Å². The molecule has 14 nitrogen and oxygen atoms in total. The molecule has 4 aromatic rings. The average molecular weight is 948 g/mol. The average Bonchev–Trinajstić information content (AvgIpc) is 3.60. The zero-order valence-electron chi connectivity index (χ0n) is 42.2. The number of carbonyl (C=O) groups excluding carboxylic acids is 4. The lowest BCUT2D eigenvalue weighted by atomic mass is 9.84. The van der Waals surface area contributed by atoms with Gasteiger partial charge in [0.15, 0.2) is 0 Å². The third-order valence-corrected chi connectivity index (χ3v) is 14.0. The standard InChI is InChI=1S/C54H70FN7O7/c1-12-61-46-18-17-36-27-41(46)42(49(61)40-15-13-21-56-48(40)34(4)67-11)28-53(5,6)32-69-52(66)44-16-14-22-62(58-44)51(65)45(25-35-23-37(36)26-38(55)24-35)57-50(64)43(33(2)3)31-68-39-29-60(30-39)47(63)19-20-54(7,8)59(9)10/h13,15,17-18,21,23-24,26-27,33-34,39,43-45,58H,12,14,16,22,25,28-32H2,1-11H3,(H,57,64)/t34-,43-,44-,45-/m0/s1. The molecule has 69 heavy (non-hydrogen) atoms. The fraction of sp³-hybridized carbons (Fsp3) is 0.537. The van der Waals surface area contributed by atoms with E-state index in [0.29, 0.717) is 50.0 Å². The van der Waals surface area contributed by atoms with Crippen LogP contribution in [0.4, 0.5) is 4.39 Å². The molecule has 15 heteroatoms. The SMILES string of the molecule is CCn1c(-c2cccnc2[C@H](C)OC)c2c3cc(ccc31)-c1cc(F)cc(c1)C[C@H](NC(=O)[C@@H](COC1CN(C(=O)C#CC(C)(C)N(C)C)C1)C(C)C)C(=O)N1CCC[C@H](N1)C(=O)OCC(C)(C)C2. The van der Waals surface area contributed by atoms with Crippen molar-refractivity contribution in [2.45, 2.75) is 117 Å². The molecule has 2 N–H and O–H groups in total. The van der Waals surface area contributed by atoms with Gasteiger partial charge in [-0.2, -0.15) is 0 Å². The Morgan fingerprint density at radius 1 is 1.09 bits per heavy atom. The molecule has 0 spiro atoms. The number of fused-ring (bicyclic) bond motifs is 6. The van der Waals surface area contributed by atoms with E-state index in [1.165, 1.54) is 17.1 Å². The maximum Gasteiger partial charge on any atom is 0.324 e. The number of aryl methyl sites for hydroxylation is 1. The van der Waals surface area contributed by atoms with Crippen molar-refractivity contribution in [1.29, 1.82) is 0 Å². The summed E-state index contributed by atoms with van der Waals surface area (Å²) in [7, 11) is 5.48. The molecule has 3 aliphatic rings. The van der Waals surface area contributed by atoms with E-state index in [4.69, 9.17) is 19.2 Å². The summed E-state index contributed by atoms with van der Waals surface area (Å²) in [6.07, 6.45) is 2.67. The minimum Gasteiger partial charge on any atom is -0.464 e. The lowest BCUT2D eigenvalue weighted by molar-refractivity contribution is -0.155. The van der Waals surface area contributed by atoms with E-state index in [2.05, 4.69) is 66.1 Å². The van der Waals surface area contributed by atoms with Gasteiger partial charge in [-0.05, 0) is 132 Å². The molecule has 2 fully saturated rings. The molecular weight excluding hydrogens is 878 g/mol. The van der Waals surface area contributed by atoms with Gasteiger partial charge in [-0.15, -0.1) is 0 Å². The van der Waals surface area contributed by atoms with Crippen LogP contribution in [0.15, 0.2) is 54.7 Å². The number of halogens is 1. The molecule has 2 aromatic heterocycles. The highest BCUT2D eigenvalue weighted by atomic mass is 19.1. The summed E-state index contributed by atoms with van der Waals surface area (Å²) in [5.41, 5.74) is 8.78. The molecule has 2 aromatic carbocycles. The molecule has 0 unspecified atom stereocenters. The number of rotatable bonds is 11. The summed E-state index contributed by atoms with van der Waals surface area (Å²) in [6, 6.07) is 13.0. The normalized spacial score (nSPS) is 19.9. The van der Waals surface area contributed by atoms with E-state index in [0.717, 1.165) is 39.0 Å². The smallest absolute Gasteiger partial charge is 0.324 e. The van der Waals surface area contributed by atoms with Crippen LogP contribution in [0.2, 0.25) is 0 Å². The lowest BCUT2D eigenvalue weighted by Crippen LogP contribution is -2.61. The number of hydrazine groups is 1. The predicted molar refractivity (Wildman–Crippen MR) is 264 cm³/mol. The van der Waals surface area contributed by atoms with Gasteiger partial charge in [-0.1, -0.05) is 45.7 Å². The Morgan fingerprint density at radius 3 is 2.54 bits per heavy atom. The van der Waals surface area contributed by atoms with E-state index in [-0.39, 0.29) is 50.2 Å². The zero-order chi connectivity index (χ0) is 49.9. The van der Waals surface area contributed by atoms with Crippen LogP contribution >= 0.6 is 0 Å². The van der Waals surface area contributed by atoms with Crippen molar-refractivity contribution in [1.82, 2.24) is 35.1 Å². The number of pyridine rings is 1. The Kier molecular flexibility index (Phi) is 15.7. The molecule has 7 rings (SSSR count). The zero-order valence-corrected chi connectivity index (χ0v) is 42.2. The van der Waals surface area contributed by atoms with E-state index < -0.39 is 52.6 Å². The Labute approximate surface area is 406 Å². The van der Waals surface area contributed by atoms with E-state index in [9.17, 15) is 19.2 Å². The van der Waals surface area contributed by atoms with Crippen molar-refractivity contribution >= 4 is 34.6 Å². The van der Waals surface area contributed by atoms with Gasteiger partial charge in [0.05, 0.1) is 48.3 Å². The van der Waals surface area contributed by atoms with Crippen LogP contribution in [0.1, 0.15) is 91.2 Å². The minimum atomic E-state index is -1.13. The highest BCUT2D eigenvalue weighted by Crippen LogP contribution is 2.42. The van der Waals surface area contributed by atoms with Gasteiger partial charge in [0.2, 0.25) is 5.91 Å². The Balaban J connectivity index is 1.22. The summed E-state index contributed by atoms with van der Waals surface area (Å²) in [5.74, 6) is 2.87. The maximum absolute atomic E-state index is 16.0. The van der Waals surface area contributed by atoms with Crippen molar-refractivity contribution in [3.05, 3.63) is 77.4 Å². The first-order valence-electron chi connectivity index (χ1n) is 24.3. The molecule has 0 radical (unpaired) electrons. The Bertz CT molecular complexity index is 2620. The Hall–Kier alpha value is -5.66. The second-order valence-electron chi connectivity index (χ2n) is 20.7. The monoisotopic (exact) mass is 948 g/mol. The van der Waals surface area contributed by atoms with E-state index in [1.807, 2.05) is 71.8 Å². The molecule has 0 aliphatic carbocycles. The van der Waals surface area contributed by atoms with Crippen molar-refractivity contribution in [3.8, 4) is 34.2 Å². The van der Waals surface area contributed by atoms with Crippen molar-refractivity contribution in [2.24, 2.45) is 17.3 Å². The number of nitrogens with zero attached hydrogens (tertiary/aromatic N) is 5. The molecule has 4 atom stereocenters. The Morgan fingerprint density at radius 2 is 1.84 bits per heavy atom. The quantitative estimate of drug-likeness (QED) is 0.123. The molecule has 6 bridgehead atoms. The number of methoxy groups -OCH3 is 1. The number of amides is 3. The van der Waals surface area contributed by atoms with Gasteiger partial charge < -0.3 is 29.0 Å². The van der Waals surface area contributed by atoms with Gasteiger partial charge in [0, 0.05) is 67.8 Å². The molecule has 2 saturated heterocycles. The predicted octanol–water partition coefficient (Wildman–Crippen LogP) is 6.73. The number of hydrogen-bond acceptors (Lipinski definition) is 10. The molecule has 5 heterocycles. The van der Waals surface area contributed by atoms with E-state index >= 15 is 4.39 Å². The number of carbonyl (C=O) groups is 4. The van der Waals surface area contributed by atoms with Gasteiger partial charge in [-0.25, -0.2) is 9.82 Å². The number of esters is 1. The number of cyclic esters (lactones) is 1. The first kappa shape index (κ1) is 51.2. The minimum absolute atomic E-state index is 0.0286. The van der Waals surface area contributed by atoms with Crippen LogP contribution in [0.25, 0.3) is 33.3 Å². The first-order chi connectivity index (χ1) is 32.7. The summed E-state index contributed by atoms with van der Waals surface area (Å²) in [5, 5.41) is 5.39. The summed E-state index contributed by atoms with van der Waals surface area (Å²) in [6.45, 7) is 17.7. The third kappa shape index (κ3) is 11.5. The van der Waals surface area contributed by atoms with Gasteiger partial charge in [0.25, 0.3) is 11.8 Å². The van der Waals surface area contributed by atoms with Gasteiger partial charge >= 0.3 is 5.97 Å².